The predicted molar refractivity (Wildman–Crippen MR) is 96.6 cm³/mol. The molecule has 1 aliphatic heterocycles. The molecule has 116 valence electrons. The van der Waals surface area contributed by atoms with E-state index in [9.17, 15) is 0 Å². The van der Waals surface area contributed by atoms with Crippen molar-refractivity contribution in [3.63, 3.8) is 0 Å². The smallest absolute Gasteiger partial charge is 0.312 e. The van der Waals surface area contributed by atoms with Crippen LogP contribution in [0.4, 0.5) is 0 Å². The zero-order valence-corrected chi connectivity index (χ0v) is 17.8. The van der Waals surface area contributed by atoms with Gasteiger partial charge in [-0.25, -0.2) is 0 Å². The summed E-state index contributed by atoms with van der Waals surface area (Å²) in [6.07, 6.45) is 0. The summed E-state index contributed by atoms with van der Waals surface area (Å²) in [6, 6.07) is 0. The molecule has 2 unspecified atom stereocenters. The molecule has 0 aromatic rings. The van der Waals surface area contributed by atoms with Gasteiger partial charge in [-0.05, 0) is 13.6 Å². The Morgan fingerprint density at radius 1 is 1.11 bits per heavy atom. The first kappa shape index (κ1) is 19.9. The third-order valence-electron chi connectivity index (χ3n) is 3.57. The number of nitrogens with two attached hydrogens (primary N) is 1. The molecule has 1 aliphatic rings. The van der Waals surface area contributed by atoms with E-state index in [0.717, 1.165) is 12.4 Å². The number of rotatable bonds is 2. The highest BCUT2D eigenvalue weighted by atomic mass is 32.2. The second-order valence-electron chi connectivity index (χ2n) is 7.09. The molecule has 1 saturated heterocycles. The van der Waals surface area contributed by atoms with Crippen LogP contribution in [0.1, 0.15) is 0 Å². The molecule has 1 fully saturated rings. The molecule has 7 heteroatoms. The fourth-order valence-corrected chi connectivity index (χ4v) is 12.4. The third kappa shape index (κ3) is 6.03. The first-order valence-electron chi connectivity index (χ1n) is 7.03. The van der Waals surface area contributed by atoms with Gasteiger partial charge in [0.05, 0.1) is 8.07 Å². The normalized spacial score (nSPS) is 29.8. The Hall–Kier alpha value is 0.881. The Bertz CT molecular complexity index is 269. The topological polar surface area (TPSA) is 44.5 Å². The third-order valence-corrected chi connectivity index (χ3v) is 20.5. The van der Waals surface area contributed by atoms with Gasteiger partial charge in [0.2, 0.25) is 0 Å². The van der Waals surface area contributed by atoms with Crippen molar-refractivity contribution in [2.75, 3.05) is 25.2 Å². The molecule has 19 heavy (non-hydrogen) atoms. The standard InChI is InChI=1S/C11H28O2SSi3.CH5N/c1-15(2,3)11-10-14-9-8-12-17(7,13-11)16(4,5)6;1-2/h11H,8-10H2,1-7H3;2H2,1H3. The first-order chi connectivity index (χ1) is 8.56. The van der Waals surface area contributed by atoms with E-state index in [2.05, 4.69) is 51.6 Å². The van der Waals surface area contributed by atoms with Crippen LogP contribution in [0, 0.1) is 0 Å². The van der Waals surface area contributed by atoms with E-state index in [0.29, 0.717) is 5.73 Å². The van der Waals surface area contributed by atoms with Gasteiger partial charge in [-0.15, -0.1) is 0 Å². The summed E-state index contributed by atoms with van der Waals surface area (Å²) in [5.41, 5.74) is 4.97. The molecule has 2 atom stereocenters. The Balaban J connectivity index is 0.00000154. The lowest BCUT2D eigenvalue weighted by Crippen LogP contribution is -2.64. The lowest BCUT2D eigenvalue weighted by atomic mass is 10.8. The van der Waals surface area contributed by atoms with Crippen LogP contribution in [-0.2, 0) is 8.85 Å². The molecular weight excluding hydrogens is 306 g/mol. The van der Waals surface area contributed by atoms with Crippen LogP contribution in [-0.4, -0.2) is 54.6 Å². The van der Waals surface area contributed by atoms with Gasteiger partial charge in [-0.3, -0.25) is 0 Å². The van der Waals surface area contributed by atoms with Crippen molar-refractivity contribution < 1.29 is 8.85 Å². The van der Waals surface area contributed by atoms with E-state index in [4.69, 9.17) is 8.85 Å². The average Bonchev–Trinajstić information content (AvgIpc) is 2.23. The molecule has 3 nitrogen and oxygen atoms in total. The minimum Gasteiger partial charge on any atom is -0.396 e. The van der Waals surface area contributed by atoms with Crippen molar-refractivity contribution in [2.24, 2.45) is 5.73 Å². The summed E-state index contributed by atoms with van der Waals surface area (Å²) >= 11 is 2.00. The van der Waals surface area contributed by atoms with Crippen LogP contribution in [0.25, 0.3) is 0 Å². The lowest BCUT2D eigenvalue weighted by molar-refractivity contribution is 0.181. The Morgan fingerprint density at radius 3 is 2.05 bits per heavy atom. The van der Waals surface area contributed by atoms with Crippen LogP contribution in [0.2, 0.25) is 45.8 Å². The van der Waals surface area contributed by atoms with Crippen LogP contribution in [0.3, 0.4) is 0 Å². The van der Waals surface area contributed by atoms with E-state index in [1.807, 2.05) is 11.8 Å². The minimum absolute atomic E-state index is 0.469. The fourth-order valence-electron chi connectivity index (χ4n) is 1.65. The zero-order valence-electron chi connectivity index (χ0n) is 14.0. The van der Waals surface area contributed by atoms with E-state index in [1.165, 1.54) is 12.8 Å². The van der Waals surface area contributed by atoms with Crippen molar-refractivity contribution in [2.45, 2.75) is 51.6 Å². The zero-order chi connectivity index (χ0) is 15.3. The van der Waals surface area contributed by atoms with Gasteiger partial charge in [0.25, 0.3) is 0 Å². The molecule has 0 aromatic heterocycles. The minimum atomic E-state index is -1.93. The molecule has 0 amide bonds. The maximum Gasteiger partial charge on any atom is 0.312 e. The fraction of sp³-hybridized carbons (Fsp3) is 1.00. The molecule has 0 aromatic carbocycles. The molecular formula is C12H33NO2SSi3. The quantitative estimate of drug-likeness (QED) is 0.785. The Morgan fingerprint density at radius 2 is 1.63 bits per heavy atom. The predicted octanol–water partition coefficient (Wildman–Crippen LogP) is 3.08. The van der Waals surface area contributed by atoms with Crippen LogP contribution in [0.5, 0.6) is 0 Å². The summed E-state index contributed by atoms with van der Waals surface area (Å²) in [5, 5.41) is 0. The van der Waals surface area contributed by atoms with Crippen LogP contribution < -0.4 is 5.73 Å². The van der Waals surface area contributed by atoms with Crippen molar-refractivity contribution in [1.29, 1.82) is 0 Å². The van der Waals surface area contributed by atoms with E-state index >= 15 is 0 Å². The largest absolute Gasteiger partial charge is 0.396 e. The van der Waals surface area contributed by atoms with Crippen molar-refractivity contribution >= 4 is 35.5 Å². The van der Waals surface area contributed by atoms with Crippen molar-refractivity contribution in [3.8, 4) is 0 Å². The Kier molecular flexibility index (Phi) is 8.13. The van der Waals surface area contributed by atoms with Crippen molar-refractivity contribution in [3.05, 3.63) is 0 Å². The highest BCUT2D eigenvalue weighted by molar-refractivity contribution is 7.99. The van der Waals surface area contributed by atoms with Gasteiger partial charge >= 0.3 is 8.08 Å². The molecule has 1 heterocycles. The summed E-state index contributed by atoms with van der Waals surface area (Å²) in [4.78, 5) is 0. The summed E-state index contributed by atoms with van der Waals surface area (Å²) in [7, 11) is -3.03. The second kappa shape index (κ2) is 7.77. The van der Waals surface area contributed by atoms with E-state index in [-0.39, 0.29) is 0 Å². The molecule has 0 aliphatic carbocycles. The van der Waals surface area contributed by atoms with Gasteiger partial charge in [-0.2, -0.15) is 11.8 Å². The average molecular weight is 340 g/mol. The molecule has 0 spiro atoms. The van der Waals surface area contributed by atoms with Gasteiger partial charge in [0.1, 0.15) is 7.59 Å². The Labute approximate surface area is 127 Å². The molecule has 0 radical (unpaired) electrons. The van der Waals surface area contributed by atoms with Gasteiger partial charge in [0, 0.05) is 23.8 Å². The molecule has 0 bridgehead atoms. The highest BCUT2D eigenvalue weighted by Gasteiger charge is 2.49. The first-order valence-corrected chi connectivity index (χ1v) is 18.6. The molecule has 0 saturated carbocycles. The maximum atomic E-state index is 6.63. The monoisotopic (exact) mass is 339 g/mol. The summed E-state index contributed by atoms with van der Waals surface area (Å²) < 4.78 is 12.9. The van der Waals surface area contributed by atoms with Crippen LogP contribution >= 0.6 is 11.8 Å². The van der Waals surface area contributed by atoms with Gasteiger partial charge < -0.3 is 14.6 Å². The second-order valence-corrected chi connectivity index (χ2v) is 27.8. The lowest BCUT2D eigenvalue weighted by Gasteiger charge is -2.44. The number of hydrogen-bond donors (Lipinski definition) is 1. The molecule has 2 N–H and O–H groups in total. The summed E-state index contributed by atoms with van der Waals surface area (Å²) in [6.45, 7) is 17.6. The van der Waals surface area contributed by atoms with E-state index < -0.39 is 23.7 Å². The number of hydrogen-bond acceptors (Lipinski definition) is 4. The highest BCUT2D eigenvalue weighted by Crippen LogP contribution is 2.29. The number of thioether (sulfide) groups is 1. The maximum absolute atomic E-state index is 6.63. The van der Waals surface area contributed by atoms with Crippen LogP contribution in [0.15, 0.2) is 0 Å². The van der Waals surface area contributed by atoms with Gasteiger partial charge in [0.15, 0.2) is 0 Å². The van der Waals surface area contributed by atoms with E-state index in [1.54, 1.807) is 0 Å². The van der Waals surface area contributed by atoms with Gasteiger partial charge in [-0.1, -0.05) is 39.3 Å². The van der Waals surface area contributed by atoms with Crippen molar-refractivity contribution in [1.82, 2.24) is 0 Å². The summed E-state index contributed by atoms with van der Waals surface area (Å²) in [5.74, 6) is 2.31. The SMILES string of the molecule is CN.C[Si](C)(C)C1CSCCO[Si](C)([Si](C)(C)C)O1. The molecule has 1 rings (SSSR count).